The van der Waals surface area contributed by atoms with Crippen molar-refractivity contribution in [1.82, 2.24) is 9.80 Å². The van der Waals surface area contributed by atoms with E-state index in [1.165, 1.54) is 37.9 Å². The Balaban J connectivity index is 1.44. The fourth-order valence-corrected chi connectivity index (χ4v) is 4.25. The lowest BCUT2D eigenvalue weighted by Crippen LogP contribution is -2.39. The van der Waals surface area contributed by atoms with Crippen LogP contribution in [0.5, 0.6) is 5.75 Å². The van der Waals surface area contributed by atoms with Gasteiger partial charge in [-0.2, -0.15) is 0 Å². The molecule has 4 heteroatoms. The van der Waals surface area contributed by atoms with Gasteiger partial charge in [-0.15, -0.1) is 0 Å². The minimum absolute atomic E-state index is 0.234. The van der Waals surface area contributed by atoms with Crippen LogP contribution in [0.2, 0.25) is 0 Å². The number of benzene rings is 1. The highest BCUT2D eigenvalue weighted by atomic mass is 16.5. The molecule has 1 aromatic carbocycles. The van der Waals surface area contributed by atoms with Gasteiger partial charge in [0, 0.05) is 33.1 Å². The van der Waals surface area contributed by atoms with Crippen LogP contribution in [0, 0.1) is 11.8 Å². The van der Waals surface area contributed by atoms with Crippen molar-refractivity contribution in [2.75, 3.05) is 32.8 Å². The molecule has 1 aromatic rings. The maximum Gasteiger partial charge on any atom is 0.219 e. The normalized spacial score (nSPS) is 22.3. The van der Waals surface area contributed by atoms with E-state index in [0.29, 0.717) is 0 Å². The predicted molar refractivity (Wildman–Crippen MR) is 101 cm³/mol. The van der Waals surface area contributed by atoms with E-state index < -0.39 is 0 Å². The molecule has 1 atom stereocenters. The van der Waals surface area contributed by atoms with Gasteiger partial charge in [0.15, 0.2) is 0 Å². The first-order valence-electron chi connectivity index (χ1n) is 9.85. The van der Waals surface area contributed by atoms with E-state index in [-0.39, 0.29) is 5.91 Å². The van der Waals surface area contributed by atoms with Crippen molar-refractivity contribution in [3.8, 4) is 5.75 Å². The Morgan fingerprint density at radius 3 is 2.40 bits per heavy atom. The maximum atomic E-state index is 11.5. The number of carbonyl (C=O) groups excluding carboxylic acids is 1. The van der Waals surface area contributed by atoms with Crippen LogP contribution in [0.15, 0.2) is 24.3 Å². The highest BCUT2D eigenvalue weighted by Crippen LogP contribution is 2.32. The van der Waals surface area contributed by atoms with E-state index in [0.717, 1.165) is 50.2 Å². The quantitative estimate of drug-likeness (QED) is 0.791. The van der Waals surface area contributed by atoms with Gasteiger partial charge in [0.05, 0.1) is 6.61 Å². The molecule has 25 heavy (non-hydrogen) atoms. The molecule has 0 aromatic heterocycles. The summed E-state index contributed by atoms with van der Waals surface area (Å²) in [5.74, 6) is 2.81. The molecule has 0 N–H and O–H groups in total. The zero-order valence-corrected chi connectivity index (χ0v) is 15.7. The van der Waals surface area contributed by atoms with Crippen molar-refractivity contribution >= 4 is 5.91 Å². The molecule has 2 saturated heterocycles. The van der Waals surface area contributed by atoms with Crippen molar-refractivity contribution in [3.63, 3.8) is 0 Å². The summed E-state index contributed by atoms with van der Waals surface area (Å²) in [5, 5.41) is 0. The second kappa shape index (κ2) is 8.70. The number of amides is 1. The molecule has 0 bridgehead atoms. The van der Waals surface area contributed by atoms with Crippen molar-refractivity contribution in [2.45, 2.75) is 46.1 Å². The molecule has 2 aliphatic heterocycles. The van der Waals surface area contributed by atoms with Gasteiger partial charge in [-0.05, 0) is 61.8 Å². The largest absolute Gasteiger partial charge is 0.494 e. The summed E-state index contributed by atoms with van der Waals surface area (Å²) >= 11 is 0. The third-order valence-electron chi connectivity index (χ3n) is 5.76. The van der Waals surface area contributed by atoms with Gasteiger partial charge in [0.1, 0.15) is 5.75 Å². The average Bonchev–Trinajstić information content (AvgIpc) is 3.10. The maximum absolute atomic E-state index is 11.5. The number of ether oxygens (including phenoxy) is 1. The molecular formula is C21H32N2O2. The highest BCUT2D eigenvalue weighted by molar-refractivity contribution is 5.73. The fourth-order valence-electron chi connectivity index (χ4n) is 4.25. The van der Waals surface area contributed by atoms with E-state index in [1.54, 1.807) is 6.92 Å². The van der Waals surface area contributed by atoms with E-state index in [4.69, 9.17) is 4.74 Å². The molecule has 3 rings (SSSR count). The summed E-state index contributed by atoms with van der Waals surface area (Å²) in [6.07, 6.45) is 4.72. The van der Waals surface area contributed by atoms with Crippen LogP contribution in [0.25, 0.3) is 0 Å². The van der Waals surface area contributed by atoms with E-state index in [2.05, 4.69) is 36.1 Å². The van der Waals surface area contributed by atoms with Gasteiger partial charge in [0.25, 0.3) is 0 Å². The van der Waals surface area contributed by atoms with Gasteiger partial charge < -0.3 is 9.64 Å². The van der Waals surface area contributed by atoms with E-state index in [9.17, 15) is 4.79 Å². The van der Waals surface area contributed by atoms with Crippen LogP contribution in [-0.4, -0.2) is 48.5 Å². The van der Waals surface area contributed by atoms with Crippen LogP contribution < -0.4 is 4.74 Å². The van der Waals surface area contributed by atoms with Crippen molar-refractivity contribution in [3.05, 3.63) is 29.8 Å². The average molecular weight is 344 g/mol. The van der Waals surface area contributed by atoms with Gasteiger partial charge in [-0.3, -0.25) is 9.69 Å². The zero-order chi connectivity index (χ0) is 17.6. The summed E-state index contributed by atoms with van der Waals surface area (Å²) < 4.78 is 5.66. The minimum Gasteiger partial charge on any atom is -0.494 e. The number of carbonyl (C=O) groups is 1. The lowest BCUT2D eigenvalue weighted by Gasteiger charge is -2.34. The predicted octanol–water partition coefficient (Wildman–Crippen LogP) is 3.56. The van der Waals surface area contributed by atoms with Crippen molar-refractivity contribution < 1.29 is 9.53 Å². The number of piperidine rings is 1. The SMILES string of the molecule is CCCOc1ccc(CN2CCC(C3CCN(C(C)=O)CC3)C2)cc1. The van der Waals surface area contributed by atoms with Crippen LogP contribution in [0.3, 0.4) is 0 Å². The molecule has 0 radical (unpaired) electrons. The minimum atomic E-state index is 0.234. The Morgan fingerprint density at radius 2 is 1.76 bits per heavy atom. The molecule has 0 aliphatic carbocycles. The summed E-state index contributed by atoms with van der Waals surface area (Å²) in [5.41, 5.74) is 1.37. The van der Waals surface area contributed by atoms with Crippen LogP contribution in [0.4, 0.5) is 0 Å². The van der Waals surface area contributed by atoms with Crippen molar-refractivity contribution in [2.24, 2.45) is 11.8 Å². The first-order chi connectivity index (χ1) is 12.2. The highest BCUT2D eigenvalue weighted by Gasteiger charge is 2.32. The third-order valence-corrected chi connectivity index (χ3v) is 5.76. The van der Waals surface area contributed by atoms with E-state index in [1.807, 2.05) is 4.90 Å². The Bertz CT molecular complexity index is 550. The monoisotopic (exact) mass is 344 g/mol. The molecule has 0 saturated carbocycles. The Hall–Kier alpha value is -1.55. The zero-order valence-electron chi connectivity index (χ0n) is 15.7. The molecular weight excluding hydrogens is 312 g/mol. The molecule has 1 amide bonds. The number of likely N-dealkylation sites (tertiary alicyclic amines) is 2. The van der Waals surface area contributed by atoms with Crippen molar-refractivity contribution in [1.29, 1.82) is 0 Å². The molecule has 0 spiro atoms. The Morgan fingerprint density at radius 1 is 1.08 bits per heavy atom. The van der Waals surface area contributed by atoms with Crippen LogP contribution in [-0.2, 0) is 11.3 Å². The summed E-state index contributed by atoms with van der Waals surface area (Å²) in [6.45, 7) is 9.96. The van der Waals surface area contributed by atoms with E-state index >= 15 is 0 Å². The molecule has 1 unspecified atom stereocenters. The molecule has 2 aliphatic rings. The number of rotatable bonds is 6. The number of nitrogens with zero attached hydrogens (tertiary/aromatic N) is 2. The molecule has 2 fully saturated rings. The molecule has 2 heterocycles. The first-order valence-corrected chi connectivity index (χ1v) is 9.85. The summed E-state index contributed by atoms with van der Waals surface area (Å²) in [6, 6.07) is 8.58. The van der Waals surface area contributed by atoms with Crippen LogP contribution >= 0.6 is 0 Å². The molecule has 4 nitrogen and oxygen atoms in total. The standard InChI is InChI=1S/C21H32N2O2/c1-3-14-25-21-6-4-18(5-7-21)15-22-11-8-20(16-22)19-9-12-23(13-10-19)17(2)24/h4-7,19-20H,3,8-16H2,1-2H3. The van der Waals surface area contributed by atoms with Gasteiger partial charge in [0.2, 0.25) is 5.91 Å². The van der Waals surface area contributed by atoms with Gasteiger partial charge >= 0.3 is 0 Å². The Kier molecular flexibility index (Phi) is 6.35. The van der Waals surface area contributed by atoms with Gasteiger partial charge in [-0.25, -0.2) is 0 Å². The second-order valence-corrected chi connectivity index (χ2v) is 7.62. The number of hydrogen-bond acceptors (Lipinski definition) is 3. The van der Waals surface area contributed by atoms with Gasteiger partial charge in [-0.1, -0.05) is 19.1 Å². The molecule has 138 valence electrons. The first kappa shape index (κ1) is 18.2. The third kappa shape index (κ3) is 4.97. The second-order valence-electron chi connectivity index (χ2n) is 7.62. The lowest BCUT2D eigenvalue weighted by molar-refractivity contribution is -0.130. The Labute approximate surface area is 152 Å². The summed E-state index contributed by atoms with van der Waals surface area (Å²) in [7, 11) is 0. The smallest absolute Gasteiger partial charge is 0.219 e. The lowest BCUT2D eigenvalue weighted by atomic mass is 9.84. The topological polar surface area (TPSA) is 32.8 Å². The van der Waals surface area contributed by atoms with Crippen LogP contribution in [0.1, 0.15) is 45.1 Å². The fraction of sp³-hybridized carbons (Fsp3) is 0.667. The summed E-state index contributed by atoms with van der Waals surface area (Å²) in [4.78, 5) is 16.1. The number of hydrogen-bond donors (Lipinski definition) is 0.